The van der Waals surface area contributed by atoms with Crippen LogP contribution in [-0.4, -0.2) is 50.7 Å². The SMILES string of the molecule is CC(=O)OC1C=C2[C@H](CC[C@@]3(C)[C@@]2(O)CC[C@H]2Cc4c([nH]c5ccccc45)[C@@]23C)O[C@H]1C(C)(C)O. The summed E-state index contributed by atoms with van der Waals surface area (Å²) in [6, 6.07) is 8.51. The number of esters is 1. The summed E-state index contributed by atoms with van der Waals surface area (Å²) in [5, 5.41) is 24.7. The molecule has 3 aliphatic carbocycles. The van der Waals surface area contributed by atoms with E-state index in [1.54, 1.807) is 13.8 Å². The van der Waals surface area contributed by atoms with Crippen molar-refractivity contribution in [3.63, 3.8) is 0 Å². The second-order valence-electron chi connectivity index (χ2n) is 12.3. The van der Waals surface area contributed by atoms with Crippen molar-refractivity contribution < 1.29 is 24.5 Å². The number of H-pyrrole nitrogens is 1. The summed E-state index contributed by atoms with van der Waals surface area (Å²) >= 11 is 0. The number of aromatic amines is 1. The molecular weight excluding hydrogens is 442 g/mol. The second kappa shape index (κ2) is 7.21. The van der Waals surface area contributed by atoms with Gasteiger partial charge in [-0.05, 0) is 75.1 Å². The Morgan fingerprint density at radius 3 is 2.66 bits per heavy atom. The first kappa shape index (κ1) is 23.3. The minimum Gasteiger partial charge on any atom is -0.455 e. The van der Waals surface area contributed by atoms with Crippen molar-refractivity contribution in [2.45, 2.75) is 102 Å². The number of para-hydroxylation sites is 1. The van der Waals surface area contributed by atoms with E-state index in [9.17, 15) is 15.0 Å². The third-order valence-corrected chi connectivity index (χ3v) is 10.2. The lowest BCUT2D eigenvalue weighted by molar-refractivity contribution is -0.214. The molecule has 7 atom stereocenters. The highest BCUT2D eigenvalue weighted by molar-refractivity contribution is 5.86. The van der Waals surface area contributed by atoms with Gasteiger partial charge in [-0.15, -0.1) is 0 Å². The van der Waals surface area contributed by atoms with Crippen LogP contribution in [0.1, 0.15) is 71.6 Å². The molecule has 6 heteroatoms. The third-order valence-electron chi connectivity index (χ3n) is 10.2. The molecule has 0 radical (unpaired) electrons. The van der Waals surface area contributed by atoms with Gasteiger partial charge in [0.05, 0.1) is 17.3 Å². The Morgan fingerprint density at radius 2 is 1.94 bits per heavy atom. The van der Waals surface area contributed by atoms with Gasteiger partial charge in [0.1, 0.15) is 12.2 Å². The predicted molar refractivity (Wildman–Crippen MR) is 133 cm³/mol. The third kappa shape index (κ3) is 2.90. The summed E-state index contributed by atoms with van der Waals surface area (Å²) in [4.78, 5) is 15.7. The van der Waals surface area contributed by atoms with Crippen LogP contribution < -0.4 is 0 Å². The molecule has 0 bridgehead atoms. The lowest BCUT2D eigenvalue weighted by atomic mass is 9.42. The quantitative estimate of drug-likeness (QED) is 0.441. The first-order valence-electron chi connectivity index (χ1n) is 13.0. The number of carbonyl (C=O) groups excluding carboxylic acids is 1. The van der Waals surface area contributed by atoms with Crippen LogP contribution in [0.25, 0.3) is 10.9 Å². The van der Waals surface area contributed by atoms with Crippen LogP contribution in [0.4, 0.5) is 0 Å². The minimum atomic E-state index is -1.19. The fraction of sp³-hybridized carbons (Fsp3) is 0.621. The summed E-state index contributed by atoms with van der Waals surface area (Å²) < 4.78 is 12.1. The first-order valence-corrected chi connectivity index (χ1v) is 13.0. The van der Waals surface area contributed by atoms with Gasteiger partial charge >= 0.3 is 5.97 Å². The van der Waals surface area contributed by atoms with Crippen LogP contribution >= 0.6 is 0 Å². The van der Waals surface area contributed by atoms with Crippen molar-refractivity contribution in [3.8, 4) is 0 Å². The van der Waals surface area contributed by atoms with Gasteiger partial charge in [0, 0.05) is 34.4 Å². The van der Waals surface area contributed by atoms with Crippen molar-refractivity contribution in [1.29, 1.82) is 0 Å². The van der Waals surface area contributed by atoms with E-state index >= 15 is 0 Å². The van der Waals surface area contributed by atoms with Gasteiger partial charge in [-0.25, -0.2) is 0 Å². The fourth-order valence-electron chi connectivity index (χ4n) is 8.25. The smallest absolute Gasteiger partial charge is 0.303 e. The molecule has 1 unspecified atom stereocenters. The predicted octanol–water partition coefficient (Wildman–Crippen LogP) is 4.32. The minimum absolute atomic E-state index is 0.232. The Bertz CT molecular complexity index is 1240. The van der Waals surface area contributed by atoms with Crippen molar-refractivity contribution in [2.24, 2.45) is 11.3 Å². The standard InChI is InChI=1S/C29H37NO5/c1-16(31)34-23-15-20-22(35-25(23)26(2,3)32)11-12-27(4)28(5)17(10-13-29(20,27)33)14-19-18-8-6-7-9-21(18)30-24(19)28/h6-9,15,17,22-23,25,30,32-33H,10-14H2,1-5H3/t17-,22-,23?,25+,27+,28+,29+/m0/s1. The Hall–Kier alpha value is -2.15. The van der Waals surface area contributed by atoms with Crippen LogP contribution in [0.15, 0.2) is 35.9 Å². The number of aliphatic hydroxyl groups is 2. The van der Waals surface area contributed by atoms with E-state index < -0.39 is 34.8 Å². The number of rotatable bonds is 2. The maximum absolute atomic E-state index is 12.6. The number of nitrogens with one attached hydrogen (secondary N) is 1. The number of aromatic nitrogens is 1. The van der Waals surface area contributed by atoms with Gasteiger partial charge in [0.15, 0.2) is 0 Å². The molecule has 2 aromatic rings. The number of carbonyl (C=O) groups is 1. The van der Waals surface area contributed by atoms with Crippen LogP contribution in [0, 0.1) is 11.3 Å². The second-order valence-corrected chi connectivity index (χ2v) is 12.3. The Balaban J connectivity index is 1.49. The molecule has 1 aromatic carbocycles. The molecule has 0 saturated heterocycles. The molecule has 2 heterocycles. The number of hydrogen-bond donors (Lipinski definition) is 3. The molecule has 0 amide bonds. The summed E-state index contributed by atoms with van der Waals surface area (Å²) in [5.74, 6) is 0.0246. The molecule has 6 nitrogen and oxygen atoms in total. The van der Waals surface area contributed by atoms with E-state index in [0.29, 0.717) is 12.3 Å². The molecule has 2 saturated carbocycles. The van der Waals surface area contributed by atoms with Gasteiger partial charge in [-0.1, -0.05) is 32.0 Å². The van der Waals surface area contributed by atoms with Crippen LogP contribution in [0.3, 0.4) is 0 Å². The van der Waals surface area contributed by atoms with Gasteiger partial charge < -0.3 is 24.7 Å². The van der Waals surface area contributed by atoms with Gasteiger partial charge in [-0.3, -0.25) is 4.79 Å². The maximum Gasteiger partial charge on any atom is 0.303 e. The van der Waals surface area contributed by atoms with Crippen molar-refractivity contribution in [1.82, 2.24) is 4.98 Å². The average molecular weight is 480 g/mol. The lowest BCUT2D eigenvalue weighted by Crippen LogP contribution is -2.68. The molecule has 1 aliphatic heterocycles. The average Bonchev–Trinajstić information content (AvgIpc) is 3.29. The lowest BCUT2D eigenvalue weighted by Gasteiger charge is -2.65. The van der Waals surface area contributed by atoms with Crippen LogP contribution in [0.2, 0.25) is 0 Å². The van der Waals surface area contributed by atoms with Crippen molar-refractivity contribution >= 4 is 16.9 Å². The molecule has 1 aromatic heterocycles. The zero-order chi connectivity index (χ0) is 25.0. The van der Waals surface area contributed by atoms with Crippen LogP contribution in [0.5, 0.6) is 0 Å². The maximum atomic E-state index is 12.6. The van der Waals surface area contributed by atoms with E-state index in [0.717, 1.165) is 36.8 Å². The molecule has 4 aliphatic rings. The van der Waals surface area contributed by atoms with Gasteiger partial charge in [-0.2, -0.15) is 0 Å². The highest BCUT2D eigenvalue weighted by Gasteiger charge is 2.70. The van der Waals surface area contributed by atoms with E-state index in [1.165, 1.54) is 23.6 Å². The molecule has 0 spiro atoms. The molecule has 2 fully saturated rings. The number of ether oxygens (including phenoxy) is 2. The zero-order valence-electron chi connectivity index (χ0n) is 21.4. The Morgan fingerprint density at radius 1 is 1.20 bits per heavy atom. The molecule has 3 N–H and O–H groups in total. The summed E-state index contributed by atoms with van der Waals surface area (Å²) in [5.41, 5.74) is 1.70. The number of benzene rings is 1. The van der Waals surface area contributed by atoms with E-state index in [4.69, 9.17) is 9.47 Å². The Labute approximate surface area is 206 Å². The van der Waals surface area contributed by atoms with Crippen LogP contribution in [-0.2, 0) is 26.1 Å². The van der Waals surface area contributed by atoms with Gasteiger partial charge in [0.25, 0.3) is 0 Å². The van der Waals surface area contributed by atoms with Gasteiger partial charge in [0.2, 0.25) is 0 Å². The fourth-order valence-corrected chi connectivity index (χ4v) is 8.25. The summed E-state index contributed by atoms with van der Waals surface area (Å²) in [7, 11) is 0. The first-order chi connectivity index (χ1) is 16.4. The summed E-state index contributed by atoms with van der Waals surface area (Å²) in [6.07, 6.45) is 4.31. The van der Waals surface area contributed by atoms with E-state index in [2.05, 4.69) is 43.1 Å². The molecular formula is C29H37NO5. The number of fused-ring (bicyclic) bond motifs is 9. The molecule has 6 rings (SSSR count). The zero-order valence-corrected chi connectivity index (χ0v) is 21.4. The van der Waals surface area contributed by atoms with Crippen molar-refractivity contribution in [3.05, 3.63) is 47.2 Å². The normalized spacial score (nSPS) is 40.4. The largest absolute Gasteiger partial charge is 0.455 e. The highest BCUT2D eigenvalue weighted by atomic mass is 16.6. The monoisotopic (exact) mass is 479 g/mol. The highest BCUT2D eigenvalue weighted by Crippen LogP contribution is 2.69. The number of hydrogen-bond acceptors (Lipinski definition) is 5. The molecule has 35 heavy (non-hydrogen) atoms. The van der Waals surface area contributed by atoms with E-state index in [1.807, 2.05) is 6.08 Å². The van der Waals surface area contributed by atoms with E-state index in [-0.39, 0.29) is 11.5 Å². The van der Waals surface area contributed by atoms with Crippen molar-refractivity contribution in [2.75, 3.05) is 0 Å². The molecule has 188 valence electrons. The Kier molecular flexibility index (Phi) is 4.79. The topological polar surface area (TPSA) is 91.8 Å². The summed E-state index contributed by atoms with van der Waals surface area (Å²) in [6.45, 7) is 9.32.